The van der Waals surface area contributed by atoms with Crippen LogP contribution in [0.1, 0.15) is 17.5 Å². The molecule has 1 aromatic carbocycles. The monoisotopic (exact) mass is 214 g/mol. The molecule has 1 fully saturated rings. The lowest BCUT2D eigenvalue weighted by atomic mass is 10.1. The highest BCUT2D eigenvalue weighted by molar-refractivity contribution is 5.34. The van der Waals surface area contributed by atoms with Crippen molar-refractivity contribution in [2.75, 3.05) is 26.2 Å². The van der Waals surface area contributed by atoms with Crippen LogP contribution in [0.15, 0.2) is 24.3 Å². The minimum absolute atomic E-state index is 0.960. The number of hydrogen-bond acceptors (Lipinski definition) is 2. The third-order valence-electron chi connectivity index (χ3n) is 2.96. The van der Waals surface area contributed by atoms with Gasteiger partial charge in [-0.05, 0) is 37.2 Å². The molecule has 1 aliphatic heterocycles. The van der Waals surface area contributed by atoms with Gasteiger partial charge in [0.05, 0.1) is 0 Å². The Bertz CT molecular complexity index is 353. The summed E-state index contributed by atoms with van der Waals surface area (Å²) in [4.78, 5) is 2.49. The Morgan fingerprint density at radius 3 is 2.75 bits per heavy atom. The zero-order valence-electron chi connectivity index (χ0n) is 9.58. The molecule has 16 heavy (non-hydrogen) atoms. The van der Waals surface area contributed by atoms with Crippen molar-refractivity contribution in [3.05, 3.63) is 35.4 Å². The highest BCUT2D eigenvalue weighted by atomic mass is 15.1. The predicted molar refractivity (Wildman–Crippen MR) is 67.1 cm³/mol. The van der Waals surface area contributed by atoms with Crippen LogP contribution in [0.5, 0.6) is 0 Å². The van der Waals surface area contributed by atoms with Crippen LogP contribution < -0.4 is 5.32 Å². The standard InChI is InChI=1S/C14H18N2/c1-2-13-4-6-14(7-5-13)12-16-10-3-8-15-9-11-16/h1,4-7,15H,3,8-12H2. The molecule has 2 rings (SSSR count). The maximum Gasteiger partial charge on any atom is 0.0242 e. The summed E-state index contributed by atoms with van der Waals surface area (Å²) in [6, 6.07) is 8.30. The van der Waals surface area contributed by atoms with Gasteiger partial charge in [0.15, 0.2) is 0 Å². The number of terminal acetylenes is 1. The molecule has 0 aliphatic carbocycles. The summed E-state index contributed by atoms with van der Waals surface area (Å²) < 4.78 is 0. The Morgan fingerprint density at radius 1 is 1.19 bits per heavy atom. The number of nitrogens with zero attached hydrogens (tertiary/aromatic N) is 1. The van der Waals surface area contributed by atoms with E-state index < -0.39 is 0 Å². The Balaban J connectivity index is 1.94. The molecule has 0 radical (unpaired) electrons. The van der Waals surface area contributed by atoms with E-state index in [0.29, 0.717) is 0 Å². The van der Waals surface area contributed by atoms with Gasteiger partial charge >= 0.3 is 0 Å². The fraction of sp³-hybridized carbons (Fsp3) is 0.429. The van der Waals surface area contributed by atoms with E-state index in [9.17, 15) is 0 Å². The minimum atomic E-state index is 0.960. The summed E-state index contributed by atoms with van der Waals surface area (Å²) in [6.45, 7) is 5.60. The number of nitrogens with one attached hydrogen (secondary N) is 1. The first kappa shape index (κ1) is 11.2. The van der Waals surface area contributed by atoms with Gasteiger partial charge in [-0.25, -0.2) is 0 Å². The average Bonchev–Trinajstić information content (AvgIpc) is 2.59. The van der Waals surface area contributed by atoms with Crippen LogP contribution in [0.2, 0.25) is 0 Å². The Kier molecular flexibility index (Phi) is 3.98. The molecule has 1 aromatic rings. The number of hydrogen-bond donors (Lipinski definition) is 1. The number of rotatable bonds is 2. The molecule has 2 nitrogen and oxygen atoms in total. The smallest absolute Gasteiger partial charge is 0.0242 e. The largest absolute Gasteiger partial charge is 0.315 e. The van der Waals surface area contributed by atoms with Gasteiger partial charge in [0.1, 0.15) is 0 Å². The van der Waals surface area contributed by atoms with Gasteiger partial charge in [0, 0.05) is 25.2 Å². The Morgan fingerprint density at radius 2 is 2.00 bits per heavy atom. The van der Waals surface area contributed by atoms with Gasteiger partial charge in [-0.2, -0.15) is 0 Å². The third-order valence-corrected chi connectivity index (χ3v) is 2.96. The highest BCUT2D eigenvalue weighted by Crippen LogP contribution is 2.08. The van der Waals surface area contributed by atoms with Crippen molar-refractivity contribution in [3.63, 3.8) is 0 Å². The molecule has 1 aliphatic rings. The Labute approximate surface area is 97.7 Å². The van der Waals surface area contributed by atoms with Gasteiger partial charge in [-0.3, -0.25) is 4.90 Å². The normalized spacial score (nSPS) is 17.7. The van der Waals surface area contributed by atoms with Crippen molar-refractivity contribution in [1.29, 1.82) is 0 Å². The van der Waals surface area contributed by atoms with E-state index in [2.05, 4.69) is 28.3 Å². The van der Waals surface area contributed by atoms with Gasteiger partial charge in [-0.1, -0.05) is 18.1 Å². The lowest BCUT2D eigenvalue weighted by molar-refractivity contribution is 0.284. The van der Waals surface area contributed by atoms with Crippen molar-refractivity contribution in [1.82, 2.24) is 10.2 Å². The molecule has 0 atom stereocenters. The summed E-state index contributed by atoms with van der Waals surface area (Å²) in [5, 5.41) is 3.41. The van der Waals surface area contributed by atoms with Crippen molar-refractivity contribution < 1.29 is 0 Å². The first-order chi connectivity index (χ1) is 7.88. The maximum absolute atomic E-state index is 5.34. The molecular formula is C14H18N2. The van der Waals surface area contributed by atoms with E-state index in [1.807, 2.05) is 12.1 Å². The molecule has 1 saturated heterocycles. The molecule has 0 spiro atoms. The SMILES string of the molecule is C#Cc1ccc(CN2CCCNCC2)cc1. The quantitative estimate of drug-likeness (QED) is 0.750. The van der Waals surface area contributed by atoms with E-state index in [-0.39, 0.29) is 0 Å². The Hall–Kier alpha value is -1.30. The summed E-state index contributed by atoms with van der Waals surface area (Å²) in [5.41, 5.74) is 2.31. The lowest BCUT2D eigenvalue weighted by Crippen LogP contribution is -2.27. The van der Waals surface area contributed by atoms with Crippen molar-refractivity contribution in [3.8, 4) is 12.3 Å². The van der Waals surface area contributed by atoms with E-state index in [1.54, 1.807) is 0 Å². The second kappa shape index (κ2) is 5.69. The van der Waals surface area contributed by atoms with Gasteiger partial charge in [0.25, 0.3) is 0 Å². The minimum Gasteiger partial charge on any atom is -0.315 e. The van der Waals surface area contributed by atoms with Crippen LogP contribution in [0.25, 0.3) is 0 Å². The fourth-order valence-electron chi connectivity index (χ4n) is 2.02. The van der Waals surface area contributed by atoms with Crippen molar-refractivity contribution in [2.24, 2.45) is 0 Å². The predicted octanol–water partition coefficient (Wildman–Crippen LogP) is 1.46. The molecule has 0 amide bonds. The van der Waals surface area contributed by atoms with Gasteiger partial charge in [-0.15, -0.1) is 6.42 Å². The van der Waals surface area contributed by atoms with E-state index >= 15 is 0 Å². The zero-order valence-corrected chi connectivity index (χ0v) is 9.58. The van der Waals surface area contributed by atoms with E-state index in [4.69, 9.17) is 6.42 Å². The first-order valence-corrected chi connectivity index (χ1v) is 5.87. The van der Waals surface area contributed by atoms with Crippen LogP contribution >= 0.6 is 0 Å². The van der Waals surface area contributed by atoms with Crippen LogP contribution in [0, 0.1) is 12.3 Å². The molecule has 1 N–H and O–H groups in total. The molecule has 1 heterocycles. The van der Waals surface area contributed by atoms with Gasteiger partial charge < -0.3 is 5.32 Å². The molecule has 0 saturated carbocycles. The molecule has 2 heteroatoms. The topological polar surface area (TPSA) is 15.3 Å². The molecule has 0 bridgehead atoms. The van der Waals surface area contributed by atoms with Gasteiger partial charge in [0.2, 0.25) is 0 Å². The average molecular weight is 214 g/mol. The first-order valence-electron chi connectivity index (χ1n) is 5.87. The zero-order chi connectivity index (χ0) is 11.2. The summed E-state index contributed by atoms with van der Waals surface area (Å²) in [6.07, 6.45) is 6.57. The van der Waals surface area contributed by atoms with Crippen LogP contribution in [-0.2, 0) is 6.54 Å². The van der Waals surface area contributed by atoms with Crippen molar-refractivity contribution >= 4 is 0 Å². The molecule has 84 valence electrons. The van der Waals surface area contributed by atoms with Crippen molar-refractivity contribution in [2.45, 2.75) is 13.0 Å². The maximum atomic E-state index is 5.34. The van der Waals surface area contributed by atoms with Crippen LogP contribution in [0.3, 0.4) is 0 Å². The van der Waals surface area contributed by atoms with E-state index in [1.165, 1.54) is 18.5 Å². The summed E-state index contributed by atoms with van der Waals surface area (Å²) >= 11 is 0. The number of benzene rings is 1. The summed E-state index contributed by atoms with van der Waals surface area (Å²) in [7, 11) is 0. The summed E-state index contributed by atoms with van der Waals surface area (Å²) in [5.74, 6) is 2.64. The van der Waals surface area contributed by atoms with Crippen LogP contribution in [-0.4, -0.2) is 31.1 Å². The second-order valence-electron chi connectivity index (χ2n) is 4.22. The van der Waals surface area contributed by atoms with Crippen LogP contribution in [0.4, 0.5) is 0 Å². The molecule has 0 aromatic heterocycles. The molecule has 0 unspecified atom stereocenters. The van der Waals surface area contributed by atoms with E-state index in [0.717, 1.165) is 31.7 Å². The third kappa shape index (κ3) is 3.10. The fourth-order valence-corrected chi connectivity index (χ4v) is 2.02. The molecular weight excluding hydrogens is 196 g/mol. The highest BCUT2D eigenvalue weighted by Gasteiger charge is 2.08. The second-order valence-corrected chi connectivity index (χ2v) is 4.22. The lowest BCUT2D eigenvalue weighted by Gasteiger charge is -2.19.